The molecule has 1 saturated heterocycles. The van der Waals surface area contributed by atoms with Gasteiger partial charge in [-0.05, 0) is 49.1 Å². The van der Waals surface area contributed by atoms with Crippen LogP contribution >= 0.6 is 15.9 Å². The first kappa shape index (κ1) is 10.8. The third-order valence-corrected chi connectivity index (χ3v) is 4.04. The van der Waals surface area contributed by atoms with Crippen molar-refractivity contribution in [3.63, 3.8) is 0 Å². The van der Waals surface area contributed by atoms with Crippen LogP contribution in [0.3, 0.4) is 0 Å². The Hall–Kier alpha value is -0.380. The van der Waals surface area contributed by atoms with Gasteiger partial charge in [-0.3, -0.25) is 0 Å². The summed E-state index contributed by atoms with van der Waals surface area (Å²) in [7, 11) is 0. The van der Waals surface area contributed by atoms with E-state index in [0.29, 0.717) is 6.04 Å². The van der Waals surface area contributed by atoms with Crippen LogP contribution in [0.25, 0.3) is 0 Å². The summed E-state index contributed by atoms with van der Waals surface area (Å²) in [6, 6.07) is 7.08. The first-order valence-corrected chi connectivity index (χ1v) is 6.77. The van der Waals surface area contributed by atoms with Crippen molar-refractivity contribution < 1.29 is 4.74 Å². The van der Waals surface area contributed by atoms with Gasteiger partial charge in [-0.15, -0.1) is 0 Å². The van der Waals surface area contributed by atoms with Crippen molar-refractivity contribution in [2.75, 3.05) is 13.2 Å². The standard InChI is InChI=1S/C13H16BrNO/c14-10-3-4-11-9(8-10)5-7-16-13(11)12-2-1-6-15-12/h3-4,8,12-13,15H,1-2,5-7H2/t12-,13?/m0/s1. The SMILES string of the molecule is Brc1ccc2c(c1)CCOC2[C@@H]1CCCN1. The highest BCUT2D eigenvalue weighted by Crippen LogP contribution is 2.34. The number of rotatable bonds is 1. The van der Waals surface area contributed by atoms with Gasteiger partial charge in [0.2, 0.25) is 0 Å². The largest absolute Gasteiger partial charge is 0.372 e. The van der Waals surface area contributed by atoms with E-state index in [1.165, 1.54) is 28.4 Å². The molecule has 2 aliphatic rings. The molecule has 2 nitrogen and oxygen atoms in total. The number of hydrogen-bond donors (Lipinski definition) is 1. The Morgan fingerprint density at radius 3 is 3.12 bits per heavy atom. The van der Waals surface area contributed by atoms with Crippen LogP contribution in [0.5, 0.6) is 0 Å². The van der Waals surface area contributed by atoms with Crippen molar-refractivity contribution in [1.29, 1.82) is 0 Å². The molecule has 0 amide bonds. The molecule has 3 heteroatoms. The molecule has 2 aliphatic heterocycles. The Labute approximate surface area is 105 Å². The van der Waals surface area contributed by atoms with Crippen LogP contribution in [-0.2, 0) is 11.2 Å². The molecule has 1 aromatic carbocycles. The fraction of sp³-hybridized carbons (Fsp3) is 0.538. The molecule has 3 rings (SSSR count). The summed E-state index contributed by atoms with van der Waals surface area (Å²) in [6.07, 6.45) is 3.81. The van der Waals surface area contributed by atoms with Gasteiger partial charge in [0.25, 0.3) is 0 Å². The van der Waals surface area contributed by atoms with Crippen LogP contribution in [-0.4, -0.2) is 19.2 Å². The van der Waals surface area contributed by atoms with E-state index >= 15 is 0 Å². The third-order valence-electron chi connectivity index (χ3n) is 3.54. The van der Waals surface area contributed by atoms with Gasteiger partial charge >= 0.3 is 0 Å². The number of halogens is 1. The maximum Gasteiger partial charge on any atom is 0.0980 e. The second-order valence-corrected chi connectivity index (χ2v) is 5.50. The van der Waals surface area contributed by atoms with Crippen molar-refractivity contribution in [2.24, 2.45) is 0 Å². The van der Waals surface area contributed by atoms with Crippen molar-refractivity contribution in [1.82, 2.24) is 5.32 Å². The first-order valence-electron chi connectivity index (χ1n) is 5.98. The highest BCUT2D eigenvalue weighted by atomic mass is 79.9. The van der Waals surface area contributed by atoms with Crippen LogP contribution in [0.1, 0.15) is 30.1 Å². The number of fused-ring (bicyclic) bond motifs is 1. The van der Waals surface area contributed by atoms with Gasteiger partial charge in [0.15, 0.2) is 0 Å². The van der Waals surface area contributed by atoms with Gasteiger partial charge in [-0.1, -0.05) is 22.0 Å². The second-order valence-electron chi connectivity index (χ2n) is 4.59. The number of nitrogens with one attached hydrogen (secondary N) is 1. The summed E-state index contributed by atoms with van der Waals surface area (Å²) in [5, 5.41) is 3.55. The highest BCUT2D eigenvalue weighted by molar-refractivity contribution is 9.10. The summed E-state index contributed by atoms with van der Waals surface area (Å²) < 4.78 is 7.12. The lowest BCUT2D eigenvalue weighted by atomic mass is 9.92. The predicted molar refractivity (Wildman–Crippen MR) is 67.6 cm³/mol. The smallest absolute Gasteiger partial charge is 0.0980 e. The summed E-state index contributed by atoms with van der Waals surface area (Å²) >= 11 is 3.54. The Balaban J connectivity index is 1.93. The summed E-state index contributed by atoms with van der Waals surface area (Å²) in [6.45, 7) is 1.99. The maximum absolute atomic E-state index is 5.95. The van der Waals surface area contributed by atoms with Crippen LogP contribution in [0, 0.1) is 0 Å². The van der Waals surface area contributed by atoms with Crippen LogP contribution < -0.4 is 5.32 Å². The van der Waals surface area contributed by atoms with Crippen molar-refractivity contribution >= 4 is 15.9 Å². The molecule has 0 radical (unpaired) electrons. The normalized spacial score (nSPS) is 29.1. The molecule has 16 heavy (non-hydrogen) atoms. The average molecular weight is 282 g/mol. The maximum atomic E-state index is 5.95. The quantitative estimate of drug-likeness (QED) is 0.855. The number of benzene rings is 1. The molecule has 0 spiro atoms. The molecule has 0 aliphatic carbocycles. The molecule has 1 fully saturated rings. The van der Waals surface area contributed by atoms with E-state index in [2.05, 4.69) is 39.4 Å². The van der Waals surface area contributed by atoms with Crippen LogP contribution in [0.15, 0.2) is 22.7 Å². The minimum Gasteiger partial charge on any atom is -0.372 e. The van der Waals surface area contributed by atoms with E-state index in [4.69, 9.17) is 4.74 Å². The Morgan fingerprint density at radius 1 is 1.38 bits per heavy atom. The predicted octanol–water partition coefficient (Wildman–Crippen LogP) is 2.81. The number of hydrogen-bond acceptors (Lipinski definition) is 2. The van der Waals surface area contributed by atoms with E-state index in [1.807, 2.05) is 0 Å². The minimum atomic E-state index is 0.263. The van der Waals surface area contributed by atoms with Crippen molar-refractivity contribution in [3.05, 3.63) is 33.8 Å². The van der Waals surface area contributed by atoms with Crippen molar-refractivity contribution in [3.8, 4) is 0 Å². The molecule has 2 heterocycles. The van der Waals surface area contributed by atoms with Gasteiger partial charge < -0.3 is 10.1 Å². The molecule has 1 unspecified atom stereocenters. The van der Waals surface area contributed by atoms with E-state index in [1.54, 1.807) is 0 Å². The number of ether oxygens (including phenoxy) is 1. The average Bonchev–Trinajstić information content (AvgIpc) is 2.81. The van der Waals surface area contributed by atoms with E-state index in [0.717, 1.165) is 19.6 Å². The molecular weight excluding hydrogens is 266 g/mol. The lowest BCUT2D eigenvalue weighted by Gasteiger charge is -2.30. The first-order chi connectivity index (χ1) is 7.84. The summed E-state index contributed by atoms with van der Waals surface area (Å²) in [5.74, 6) is 0. The van der Waals surface area contributed by atoms with Crippen molar-refractivity contribution in [2.45, 2.75) is 31.4 Å². The fourth-order valence-corrected chi connectivity index (χ4v) is 3.17. The minimum absolute atomic E-state index is 0.263. The molecule has 1 N–H and O–H groups in total. The van der Waals surface area contributed by atoms with Gasteiger partial charge in [-0.25, -0.2) is 0 Å². The molecule has 1 aromatic rings. The summed E-state index contributed by atoms with van der Waals surface area (Å²) in [5.41, 5.74) is 2.83. The zero-order valence-corrected chi connectivity index (χ0v) is 10.8. The Morgan fingerprint density at radius 2 is 2.31 bits per heavy atom. The lowest BCUT2D eigenvalue weighted by molar-refractivity contribution is 0.0199. The zero-order chi connectivity index (χ0) is 11.0. The molecule has 0 bridgehead atoms. The van der Waals surface area contributed by atoms with E-state index in [-0.39, 0.29) is 6.10 Å². The molecular formula is C13H16BrNO. The molecule has 0 saturated carbocycles. The van der Waals surface area contributed by atoms with Gasteiger partial charge in [0.05, 0.1) is 12.7 Å². The van der Waals surface area contributed by atoms with Crippen LogP contribution in [0.2, 0.25) is 0 Å². The van der Waals surface area contributed by atoms with Gasteiger partial charge in [-0.2, -0.15) is 0 Å². The third kappa shape index (κ3) is 1.92. The monoisotopic (exact) mass is 281 g/mol. The van der Waals surface area contributed by atoms with Gasteiger partial charge in [0, 0.05) is 10.5 Å². The lowest BCUT2D eigenvalue weighted by Crippen LogP contribution is -2.33. The summed E-state index contributed by atoms with van der Waals surface area (Å²) in [4.78, 5) is 0. The molecule has 0 aromatic heterocycles. The highest BCUT2D eigenvalue weighted by Gasteiger charge is 2.30. The second kappa shape index (κ2) is 4.47. The van der Waals surface area contributed by atoms with Crippen LogP contribution in [0.4, 0.5) is 0 Å². The van der Waals surface area contributed by atoms with E-state index in [9.17, 15) is 0 Å². The Bertz CT molecular complexity index is 388. The molecule has 86 valence electrons. The Kier molecular flexibility index (Phi) is 3.01. The topological polar surface area (TPSA) is 21.3 Å². The zero-order valence-electron chi connectivity index (χ0n) is 9.21. The van der Waals surface area contributed by atoms with E-state index < -0.39 is 0 Å². The van der Waals surface area contributed by atoms with Gasteiger partial charge in [0.1, 0.15) is 0 Å². The fourth-order valence-electron chi connectivity index (χ4n) is 2.76. The molecule has 2 atom stereocenters.